The van der Waals surface area contributed by atoms with E-state index in [9.17, 15) is 0 Å². The molecule has 2 aromatic rings. The maximum Gasteiger partial charge on any atom is 0.160 e. The van der Waals surface area contributed by atoms with Gasteiger partial charge in [-0.1, -0.05) is 0 Å². The van der Waals surface area contributed by atoms with Gasteiger partial charge in [0, 0.05) is 37.4 Å². The first-order valence-corrected chi connectivity index (χ1v) is 8.88. The van der Waals surface area contributed by atoms with Gasteiger partial charge in [-0.05, 0) is 51.8 Å². The third kappa shape index (κ3) is 2.76. The summed E-state index contributed by atoms with van der Waals surface area (Å²) >= 11 is 0. The quantitative estimate of drug-likeness (QED) is 0.873. The molecule has 5 nitrogen and oxygen atoms in total. The van der Waals surface area contributed by atoms with Crippen LogP contribution < -0.4 is 0 Å². The normalized spacial score (nSPS) is 26.4. The van der Waals surface area contributed by atoms with Gasteiger partial charge in [0.25, 0.3) is 0 Å². The van der Waals surface area contributed by atoms with Crippen molar-refractivity contribution < 1.29 is 4.74 Å². The number of aromatic nitrogens is 3. The van der Waals surface area contributed by atoms with E-state index in [1.165, 1.54) is 25.2 Å². The molecule has 0 aliphatic carbocycles. The summed E-state index contributed by atoms with van der Waals surface area (Å²) in [6.45, 7) is 8.53. The highest BCUT2D eigenvalue weighted by Gasteiger charge is 2.31. The van der Waals surface area contributed by atoms with E-state index in [-0.39, 0.29) is 0 Å². The molecule has 0 amide bonds. The van der Waals surface area contributed by atoms with Gasteiger partial charge in [0.15, 0.2) is 5.65 Å². The van der Waals surface area contributed by atoms with Crippen molar-refractivity contribution in [3.63, 3.8) is 0 Å². The molecule has 0 saturated carbocycles. The zero-order valence-electron chi connectivity index (χ0n) is 14.1. The van der Waals surface area contributed by atoms with Gasteiger partial charge in [0.1, 0.15) is 11.3 Å². The number of hydrogen-bond acceptors (Lipinski definition) is 4. The molecular weight excluding hydrogens is 288 g/mol. The second kappa shape index (κ2) is 6.21. The fourth-order valence-corrected chi connectivity index (χ4v) is 4.00. The standard InChI is InChI=1S/C18H26N4O/c1-13(2)21-9-4-5-15(11-21)22-17(14-7-10-23-12-14)20-16-6-3-8-19-18(16)22/h3,6,8,13-15H,4-5,7,9-12H2,1-2H3. The van der Waals surface area contributed by atoms with Crippen molar-refractivity contribution in [2.75, 3.05) is 26.3 Å². The van der Waals surface area contributed by atoms with Crippen LogP contribution in [0.25, 0.3) is 11.2 Å². The molecule has 0 N–H and O–H groups in total. The van der Waals surface area contributed by atoms with E-state index in [0.717, 1.165) is 37.3 Å². The number of piperidine rings is 1. The number of fused-ring (bicyclic) bond motifs is 1. The van der Waals surface area contributed by atoms with Gasteiger partial charge in [-0.25, -0.2) is 9.97 Å². The van der Waals surface area contributed by atoms with E-state index in [0.29, 0.717) is 18.0 Å². The molecule has 4 rings (SSSR count). The number of likely N-dealkylation sites (tertiary alicyclic amines) is 1. The van der Waals surface area contributed by atoms with E-state index in [1.54, 1.807) is 0 Å². The molecule has 2 aromatic heterocycles. The van der Waals surface area contributed by atoms with Crippen LogP contribution in [0.15, 0.2) is 18.3 Å². The predicted octanol–water partition coefficient (Wildman–Crippen LogP) is 2.98. The molecule has 0 aromatic carbocycles. The molecule has 0 spiro atoms. The van der Waals surface area contributed by atoms with Gasteiger partial charge in [0.05, 0.1) is 6.61 Å². The lowest BCUT2D eigenvalue weighted by Crippen LogP contribution is -2.41. The first-order chi connectivity index (χ1) is 11.2. The third-order valence-corrected chi connectivity index (χ3v) is 5.29. The molecule has 2 aliphatic heterocycles. The Hall–Kier alpha value is -1.46. The highest BCUT2D eigenvalue weighted by atomic mass is 16.5. The lowest BCUT2D eigenvalue weighted by molar-refractivity contribution is 0.141. The van der Waals surface area contributed by atoms with Crippen LogP contribution in [0.1, 0.15) is 50.9 Å². The summed E-state index contributed by atoms with van der Waals surface area (Å²) in [4.78, 5) is 12.2. The van der Waals surface area contributed by atoms with Crippen LogP contribution in [-0.4, -0.2) is 51.8 Å². The molecule has 0 bridgehead atoms. The van der Waals surface area contributed by atoms with Crippen LogP contribution in [0.3, 0.4) is 0 Å². The van der Waals surface area contributed by atoms with Crippen LogP contribution in [0.4, 0.5) is 0 Å². The number of rotatable bonds is 3. The fourth-order valence-electron chi connectivity index (χ4n) is 4.00. The molecule has 2 fully saturated rings. The lowest BCUT2D eigenvalue weighted by Gasteiger charge is -2.36. The maximum absolute atomic E-state index is 5.63. The monoisotopic (exact) mass is 314 g/mol. The second-order valence-electron chi connectivity index (χ2n) is 7.13. The van der Waals surface area contributed by atoms with Gasteiger partial charge in [0.2, 0.25) is 0 Å². The summed E-state index contributed by atoms with van der Waals surface area (Å²) in [6.07, 6.45) is 5.42. The van der Waals surface area contributed by atoms with Crippen LogP contribution in [0.5, 0.6) is 0 Å². The third-order valence-electron chi connectivity index (χ3n) is 5.29. The van der Waals surface area contributed by atoms with Gasteiger partial charge in [-0.2, -0.15) is 0 Å². The Morgan fingerprint density at radius 3 is 3.00 bits per heavy atom. The topological polar surface area (TPSA) is 43.2 Å². The Labute approximate surface area is 137 Å². The number of imidazole rings is 1. The van der Waals surface area contributed by atoms with Gasteiger partial charge in [-0.3, -0.25) is 4.90 Å². The summed E-state index contributed by atoms with van der Waals surface area (Å²) in [5, 5.41) is 0. The SMILES string of the molecule is CC(C)N1CCCC(n2c(C3CCOC3)nc3cccnc32)C1. The predicted molar refractivity (Wildman–Crippen MR) is 90.7 cm³/mol. The Balaban J connectivity index is 1.76. The molecule has 2 unspecified atom stereocenters. The Morgan fingerprint density at radius 2 is 2.22 bits per heavy atom. The molecule has 124 valence electrons. The molecular formula is C18H26N4O. The van der Waals surface area contributed by atoms with Crippen LogP contribution in [-0.2, 0) is 4.74 Å². The van der Waals surface area contributed by atoms with E-state index in [4.69, 9.17) is 9.72 Å². The molecule has 2 saturated heterocycles. The molecule has 0 radical (unpaired) electrons. The minimum atomic E-state index is 0.415. The average molecular weight is 314 g/mol. The first kappa shape index (κ1) is 15.1. The van der Waals surface area contributed by atoms with E-state index in [1.807, 2.05) is 12.3 Å². The first-order valence-electron chi connectivity index (χ1n) is 8.88. The van der Waals surface area contributed by atoms with Crippen LogP contribution >= 0.6 is 0 Å². The minimum Gasteiger partial charge on any atom is -0.381 e. The summed E-state index contributed by atoms with van der Waals surface area (Å²) in [5.41, 5.74) is 2.07. The van der Waals surface area contributed by atoms with Crippen molar-refractivity contribution in [2.24, 2.45) is 0 Å². The number of pyridine rings is 1. The molecule has 23 heavy (non-hydrogen) atoms. The van der Waals surface area contributed by atoms with E-state index >= 15 is 0 Å². The summed E-state index contributed by atoms with van der Waals surface area (Å²) < 4.78 is 8.06. The number of ether oxygens (including phenoxy) is 1. The number of hydrogen-bond donors (Lipinski definition) is 0. The summed E-state index contributed by atoms with van der Waals surface area (Å²) in [6, 6.07) is 5.14. The van der Waals surface area contributed by atoms with Crippen molar-refractivity contribution in [2.45, 2.75) is 51.1 Å². The van der Waals surface area contributed by atoms with Crippen molar-refractivity contribution in [3.05, 3.63) is 24.2 Å². The zero-order valence-corrected chi connectivity index (χ0v) is 14.1. The van der Waals surface area contributed by atoms with Gasteiger partial charge in [-0.15, -0.1) is 0 Å². The van der Waals surface area contributed by atoms with Gasteiger partial charge >= 0.3 is 0 Å². The highest BCUT2D eigenvalue weighted by molar-refractivity contribution is 5.71. The Kier molecular flexibility index (Phi) is 4.07. The van der Waals surface area contributed by atoms with Gasteiger partial charge < -0.3 is 9.30 Å². The van der Waals surface area contributed by atoms with Crippen LogP contribution in [0, 0.1) is 0 Å². The lowest BCUT2D eigenvalue weighted by atomic mass is 10.0. The summed E-state index contributed by atoms with van der Waals surface area (Å²) in [5.74, 6) is 1.60. The van der Waals surface area contributed by atoms with Crippen molar-refractivity contribution in [3.8, 4) is 0 Å². The van der Waals surface area contributed by atoms with Crippen molar-refractivity contribution in [1.82, 2.24) is 19.4 Å². The molecule has 5 heteroatoms. The average Bonchev–Trinajstić information content (AvgIpc) is 3.22. The smallest absolute Gasteiger partial charge is 0.160 e. The van der Waals surface area contributed by atoms with Crippen molar-refractivity contribution in [1.29, 1.82) is 0 Å². The van der Waals surface area contributed by atoms with E-state index in [2.05, 4.69) is 34.4 Å². The molecule has 2 aliphatic rings. The van der Waals surface area contributed by atoms with Crippen LogP contribution in [0.2, 0.25) is 0 Å². The van der Waals surface area contributed by atoms with Crippen molar-refractivity contribution >= 4 is 11.2 Å². The zero-order chi connectivity index (χ0) is 15.8. The molecule has 2 atom stereocenters. The minimum absolute atomic E-state index is 0.415. The number of nitrogens with zero attached hydrogens (tertiary/aromatic N) is 4. The maximum atomic E-state index is 5.63. The highest BCUT2D eigenvalue weighted by Crippen LogP contribution is 2.33. The second-order valence-corrected chi connectivity index (χ2v) is 7.13. The van der Waals surface area contributed by atoms with E-state index < -0.39 is 0 Å². The Morgan fingerprint density at radius 1 is 1.30 bits per heavy atom. The molecule has 4 heterocycles. The largest absolute Gasteiger partial charge is 0.381 e. The Bertz CT molecular complexity index is 675. The fraction of sp³-hybridized carbons (Fsp3) is 0.667. The summed E-state index contributed by atoms with van der Waals surface area (Å²) in [7, 11) is 0.